The predicted molar refractivity (Wildman–Crippen MR) is 96.7 cm³/mol. The van der Waals surface area contributed by atoms with Gasteiger partial charge in [0, 0.05) is 24.7 Å². The Bertz CT molecular complexity index is 1040. The number of nitrogens with zero attached hydrogens (tertiary/aromatic N) is 2. The number of benzene rings is 2. The van der Waals surface area contributed by atoms with Crippen LogP contribution in [0, 0.1) is 5.82 Å². The maximum absolute atomic E-state index is 13.2. The van der Waals surface area contributed by atoms with E-state index in [1.165, 1.54) is 12.1 Å². The zero-order chi connectivity index (χ0) is 19.0. The monoisotopic (exact) mass is 366 g/mol. The minimum atomic E-state index is -0.721. The molecular formula is C20H15FN2O4. The van der Waals surface area contributed by atoms with E-state index >= 15 is 0 Å². The lowest BCUT2D eigenvalue weighted by molar-refractivity contribution is -0.120. The van der Waals surface area contributed by atoms with Crippen molar-refractivity contribution < 1.29 is 23.8 Å². The van der Waals surface area contributed by atoms with Gasteiger partial charge >= 0.3 is 0 Å². The highest BCUT2D eigenvalue weighted by atomic mass is 19.1. The molecule has 4 rings (SSSR count). The van der Waals surface area contributed by atoms with Gasteiger partial charge < -0.3 is 19.5 Å². The van der Waals surface area contributed by atoms with Gasteiger partial charge in [0.15, 0.2) is 18.2 Å². The van der Waals surface area contributed by atoms with E-state index in [0.717, 1.165) is 11.6 Å². The molecule has 2 aromatic carbocycles. The van der Waals surface area contributed by atoms with Gasteiger partial charge in [-0.1, -0.05) is 12.1 Å². The van der Waals surface area contributed by atoms with Crippen molar-refractivity contribution in [2.45, 2.75) is 0 Å². The summed E-state index contributed by atoms with van der Waals surface area (Å²) < 4.78 is 24.3. The number of fused-ring (bicyclic) bond motifs is 1. The normalized spacial score (nSPS) is 13.1. The number of hydrogen-bond acceptors (Lipinski definition) is 5. The molecule has 1 N–H and O–H groups in total. The minimum Gasteiger partial charge on any atom is -0.505 e. The van der Waals surface area contributed by atoms with Crippen LogP contribution in [0.5, 0.6) is 23.1 Å². The second-order valence-electron chi connectivity index (χ2n) is 6.00. The number of phenols is 1. The number of anilines is 1. The molecule has 0 atom stereocenters. The molecule has 0 aliphatic carbocycles. The summed E-state index contributed by atoms with van der Waals surface area (Å²) in [5.74, 6) is -0.148. The van der Waals surface area contributed by atoms with Gasteiger partial charge in [-0.15, -0.1) is 0 Å². The SMILES string of the molecule is CN1C(=O)COc2cc(-c3cccc(Oc4ccc(F)c(O)c4)n3)ccc21. The van der Waals surface area contributed by atoms with Gasteiger partial charge in [0.2, 0.25) is 5.88 Å². The van der Waals surface area contributed by atoms with E-state index in [1.54, 1.807) is 30.1 Å². The van der Waals surface area contributed by atoms with Gasteiger partial charge in [-0.05, 0) is 30.3 Å². The topological polar surface area (TPSA) is 71.9 Å². The number of carbonyl (C=O) groups excluding carboxylic acids is 1. The summed E-state index contributed by atoms with van der Waals surface area (Å²) in [5, 5.41) is 9.45. The highest BCUT2D eigenvalue weighted by Gasteiger charge is 2.22. The van der Waals surface area contributed by atoms with Crippen molar-refractivity contribution in [2.24, 2.45) is 0 Å². The van der Waals surface area contributed by atoms with Crippen LogP contribution in [0.3, 0.4) is 0 Å². The van der Waals surface area contributed by atoms with Gasteiger partial charge in [0.1, 0.15) is 11.5 Å². The van der Waals surface area contributed by atoms with Gasteiger partial charge in [-0.3, -0.25) is 4.79 Å². The summed E-state index contributed by atoms with van der Waals surface area (Å²) in [6.45, 7) is -0.00239. The molecule has 3 aromatic rings. The number of ether oxygens (including phenoxy) is 2. The number of halogens is 1. The standard InChI is InChI=1S/C20H15FN2O4/c1-23-16-8-5-12(9-18(16)26-11-20(23)25)15-3-2-4-19(22-15)27-13-6-7-14(21)17(24)10-13/h2-10,24H,11H2,1H3. The third-order valence-corrected chi connectivity index (χ3v) is 4.21. The van der Waals surface area contributed by atoms with Crippen LogP contribution >= 0.6 is 0 Å². The van der Waals surface area contributed by atoms with Crippen LogP contribution in [0.15, 0.2) is 54.6 Å². The molecule has 1 aliphatic rings. The first-order valence-electron chi connectivity index (χ1n) is 8.18. The van der Waals surface area contributed by atoms with Crippen LogP contribution in [0.1, 0.15) is 0 Å². The summed E-state index contributed by atoms with van der Waals surface area (Å²) in [7, 11) is 1.70. The summed E-state index contributed by atoms with van der Waals surface area (Å²) in [5.41, 5.74) is 2.14. The highest BCUT2D eigenvalue weighted by molar-refractivity contribution is 5.97. The molecule has 0 spiro atoms. The molecule has 1 aromatic heterocycles. The summed E-state index contributed by atoms with van der Waals surface area (Å²) in [6.07, 6.45) is 0. The Kier molecular flexibility index (Phi) is 4.12. The van der Waals surface area contributed by atoms with Crippen LogP contribution in [0.25, 0.3) is 11.3 Å². The zero-order valence-electron chi connectivity index (χ0n) is 14.3. The van der Waals surface area contributed by atoms with Gasteiger partial charge in [0.05, 0.1) is 11.4 Å². The molecule has 27 heavy (non-hydrogen) atoms. The second-order valence-corrected chi connectivity index (χ2v) is 6.00. The Balaban J connectivity index is 1.63. The van der Waals surface area contributed by atoms with Crippen molar-refractivity contribution in [2.75, 3.05) is 18.6 Å². The average molecular weight is 366 g/mol. The third kappa shape index (κ3) is 3.27. The number of aromatic nitrogens is 1. The average Bonchev–Trinajstić information content (AvgIpc) is 2.68. The number of likely N-dealkylation sites (N-methyl/N-ethyl adjacent to an activating group) is 1. The van der Waals surface area contributed by atoms with E-state index in [0.29, 0.717) is 23.0 Å². The van der Waals surface area contributed by atoms with Crippen LogP contribution in [-0.4, -0.2) is 29.7 Å². The Morgan fingerprint density at radius 3 is 2.85 bits per heavy atom. The quantitative estimate of drug-likeness (QED) is 0.765. The summed E-state index contributed by atoms with van der Waals surface area (Å²) >= 11 is 0. The Morgan fingerprint density at radius 2 is 2.04 bits per heavy atom. The van der Waals surface area contributed by atoms with Crippen LogP contribution < -0.4 is 14.4 Å². The number of rotatable bonds is 3. The maximum atomic E-state index is 13.2. The fourth-order valence-electron chi connectivity index (χ4n) is 2.75. The molecular weight excluding hydrogens is 351 g/mol. The molecule has 1 amide bonds. The fourth-order valence-corrected chi connectivity index (χ4v) is 2.75. The van der Waals surface area contributed by atoms with E-state index in [9.17, 15) is 14.3 Å². The molecule has 0 saturated carbocycles. The molecule has 136 valence electrons. The summed E-state index contributed by atoms with van der Waals surface area (Å²) in [6, 6.07) is 14.4. The molecule has 0 radical (unpaired) electrons. The maximum Gasteiger partial charge on any atom is 0.264 e. The number of amides is 1. The zero-order valence-corrected chi connectivity index (χ0v) is 14.3. The Labute approximate surface area is 154 Å². The first kappa shape index (κ1) is 16.8. The molecule has 0 bridgehead atoms. The van der Waals surface area contributed by atoms with Crippen molar-refractivity contribution in [3.63, 3.8) is 0 Å². The van der Waals surface area contributed by atoms with E-state index in [2.05, 4.69) is 4.98 Å². The van der Waals surface area contributed by atoms with Crippen LogP contribution in [0.2, 0.25) is 0 Å². The number of carbonyl (C=O) groups is 1. The molecule has 1 aliphatic heterocycles. The van der Waals surface area contributed by atoms with Crippen LogP contribution in [-0.2, 0) is 4.79 Å². The molecule has 0 unspecified atom stereocenters. The number of hydrogen-bond donors (Lipinski definition) is 1. The van der Waals surface area contributed by atoms with Crippen molar-refractivity contribution in [1.82, 2.24) is 4.98 Å². The molecule has 7 heteroatoms. The van der Waals surface area contributed by atoms with E-state index in [-0.39, 0.29) is 18.3 Å². The van der Waals surface area contributed by atoms with Crippen molar-refractivity contribution in [1.29, 1.82) is 0 Å². The molecule has 0 fully saturated rings. The van der Waals surface area contributed by atoms with Crippen LogP contribution in [0.4, 0.5) is 10.1 Å². The van der Waals surface area contributed by atoms with Crippen molar-refractivity contribution >= 4 is 11.6 Å². The second kappa shape index (κ2) is 6.60. The van der Waals surface area contributed by atoms with Gasteiger partial charge in [-0.25, -0.2) is 9.37 Å². The molecule has 2 heterocycles. The van der Waals surface area contributed by atoms with E-state index < -0.39 is 11.6 Å². The number of phenolic OH excluding ortho intramolecular Hbond substituents is 1. The lowest BCUT2D eigenvalue weighted by Gasteiger charge is -2.26. The minimum absolute atomic E-state index is 0.00239. The smallest absolute Gasteiger partial charge is 0.264 e. The lowest BCUT2D eigenvalue weighted by atomic mass is 10.1. The Hall–Kier alpha value is -3.61. The first-order valence-corrected chi connectivity index (χ1v) is 8.18. The van der Waals surface area contributed by atoms with E-state index in [4.69, 9.17) is 9.47 Å². The van der Waals surface area contributed by atoms with Crippen molar-refractivity contribution in [3.05, 3.63) is 60.4 Å². The van der Waals surface area contributed by atoms with Crippen molar-refractivity contribution in [3.8, 4) is 34.4 Å². The molecule has 6 nitrogen and oxygen atoms in total. The lowest BCUT2D eigenvalue weighted by Crippen LogP contribution is -2.35. The number of aromatic hydroxyl groups is 1. The third-order valence-electron chi connectivity index (χ3n) is 4.21. The van der Waals surface area contributed by atoms with Gasteiger partial charge in [0.25, 0.3) is 5.91 Å². The van der Waals surface area contributed by atoms with Gasteiger partial charge in [-0.2, -0.15) is 0 Å². The summed E-state index contributed by atoms with van der Waals surface area (Å²) in [4.78, 5) is 17.7. The van der Waals surface area contributed by atoms with E-state index in [1.807, 2.05) is 18.2 Å². The number of pyridine rings is 1. The predicted octanol–water partition coefficient (Wildman–Crippen LogP) is 3.74. The highest BCUT2D eigenvalue weighted by Crippen LogP contribution is 2.35. The molecule has 0 saturated heterocycles. The Morgan fingerprint density at radius 1 is 1.19 bits per heavy atom. The fraction of sp³-hybridized carbons (Fsp3) is 0.100. The largest absolute Gasteiger partial charge is 0.505 e. The first-order chi connectivity index (χ1) is 13.0.